The fourth-order valence-electron chi connectivity index (χ4n) is 2.61. The number of carbonyl (C=O) groups excluding carboxylic acids is 2. The SMILES string of the molecule is CCCNC(=O)NC(=O)CN1CCN(c2ccc(OC)cc2)CC1. The van der Waals surface area contributed by atoms with Gasteiger partial charge in [0.2, 0.25) is 5.91 Å². The molecule has 3 amide bonds. The minimum atomic E-state index is -0.418. The number of ether oxygens (including phenoxy) is 1. The summed E-state index contributed by atoms with van der Waals surface area (Å²) in [7, 11) is 1.65. The Labute approximate surface area is 142 Å². The van der Waals surface area contributed by atoms with Crippen molar-refractivity contribution >= 4 is 17.6 Å². The molecule has 0 radical (unpaired) electrons. The van der Waals surface area contributed by atoms with Gasteiger partial charge in [0.15, 0.2) is 0 Å². The highest BCUT2D eigenvalue weighted by atomic mass is 16.5. The van der Waals surface area contributed by atoms with Gasteiger partial charge in [0.05, 0.1) is 13.7 Å². The van der Waals surface area contributed by atoms with Crippen molar-refractivity contribution in [1.29, 1.82) is 0 Å². The predicted octanol–water partition coefficient (Wildman–Crippen LogP) is 1.05. The maximum atomic E-state index is 11.9. The van der Waals surface area contributed by atoms with Crippen LogP contribution in [0, 0.1) is 0 Å². The largest absolute Gasteiger partial charge is 0.497 e. The van der Waals surface area contributed by atoms with Gasteiger partial charge < -0.3 is 15.0 Å². The number of piperazine rings is 1. The number of rotatable bonds is 6. The van der Waals surface area contributed by atoms with E-state index in [1.54, 1.807) is 7.11 Å². The van der Waals surface area contributed by atoms with E-state index in [2.05, 4.69) is 20.4 Å². The monoisotopic (exact) mass is 334 g/mol. The molecule has 1 aliphatic heterocycles. The molecule has 0 saturated carbocycles. The van der Waals surface area contributed by atoms with Gasteiger partial charge in [-0.3, -0.25) is 15.0 Å². The van der Waals surface area contributed by atoms with Gasteiger partial charge in [-0.25, -0.2) is 4.79 Å². The van der Waals surface area contributed by atoms with Gasteiger partial charge in [0, 0.05) is 38.4 Å². The second-order valence-electron chi connectivity index (χ2n) is 5.77. The van der Waals surface area contributed by atoms with Crippen LogP contribution in [0.5, 0.6) is 5.75 Å². The molecule has 1 saturated heterocycles. The third kappa shape index (κ3) is 5.42. The molecule has 0 spiro atoms. The molecule has 1 aromatic carbocycles. The summed E-state index contributed by atoms with van der Waals surface area (Å²) in [6, 6.07) is 7.56. The van der Waals surface area contributed by atoms with Gasteiger partial charge in [-0.2, -0.15) is 0 Å². The van der Waals surface area contributed by atoms with Crippen LogP contribution < -0.4 is 20.3 Å². The molecule has 132 valence electrons. The van der Waals surface area contributed by atoms with Crippen LogP contribution in [0.25, 0.3) is 0 Å². The second kappa shape index (κ2) is 9.12. The zero-order chi connectivity index (χ0) is 17.4. The lowest BCUT2D eigenvalue weighted by atomic mass is 10.2. The highest BCUT2D eigenvalue weighted by molar-refractivity contribution is 5.95. The lowest BCUT2D eigenvalue weighted by Crippen LogP contribution is -2.51. The summed E-state index contributed by atoms with van der Waals surface area (Å²) >= 11 is 0. The van der Waals surface area contributed by atoms with Crippen molar-refractivity contribution in [2.45, 2.75) is 13.3 Å². The average molecular weight is 334 g/mol. The van der Waals surface area contributed by atoms with Crippen LogP contribution in [-0.2, 0) is 4.79 Å². The molecule has 1 aromatic rings. The molecule has 24 heavy (non-hydrogen) atoms. The molecule has 7 nitrogen and oxygen atoms in total. The van der Waals surface area contributed by atoms with Crippen LogP contribution >= 0.6 is 0 Å². The van der Waals surface area contributed by atoms with Crippen molar-refractivity contribution in [2.75, 3.05) is 51.3 Å². The van der Waals surface area contributed by atoms with Crippen LogP contribution in [0.1, 0.15) is 13.3 Å². The molecule has 2 N–H and O–H groups in total. The van der Waals surface area contributed by atoms with Crippen LogP contribution in [0.4, 0.5) is 10.5 Å². The molecular weight excluding hydrogens is 308 g/mol. The van der Waals surface area contributed by atoms with E-state index >= 15 is 0 Å². The van der Waals surface area contributed by atoms with Crippen LogP contribution in [-0.4, -0.2) is 63.2 Å². The minimum absolute atomic E-state index is 0.246. The van der Waals surface area contributed by atoms with Crippen LogP contribution in [0.2, 0.25) is 0 Å². The minimum Gasteiger partial charge on any atom is -0.497 e. The third-order valence-corrected chi connectivity index (χ3v) is 3.97. The normalized spacial score (nSPS) is 15.0. The maximum absolute atomic E-state index is 11.9. The third-order valence-electron chi connectivity index (χ3n) is 3.97. The number of imide groups is 1. The van der Waals surface area contributed by atoms with Gasteiger partial charge in [-0.1, -0.05) is 6.92 Å². The van der Waals surface area contributed by atoms with Gasteiger partial charge in [-0.15, -0.1) is 0 Å². The van der Waals surface area contributed by atoms with Crippen molar-refractivity contribution in [2.24, 2.45) is 0 Å². The van der Waals surface area contributed by atoms with E-state index in [0.717, 1.165) is 44.0 Å². The lowest BCUT2D eigenvalue weighted by Gasteiger charge is -2.35. The summed E-state index contributed by atoms with van der Waals surface area (Å²) in [5, 5.41) is 4.99. The molecule has 0 aromatic heterocycles. The van der Waals surface area contributed by atoms with Gasteiger partial charge >= 0.3 is 6.03 Å². The number of anilines is 1. The zero-order valence-electron chi connectivity index (χ0n) is 14.4. The molecule has 1 fully saturated rings. The van der Waals surface area contributed by atoms with Crippen molar-refractivity contribution < 1.29 is 14.3 Å². The Kier molecular flexibility index (Phi) is 6.87. The average Bonchev–Trinajstić information content (AvgIpc) is 2.60. The molecule has 0 aliphatic carbocycles. The van der Waals surface area contributed by atoms with Crippen molar-refractivity contribution in [3.63, 3.8) is 0 Å². The van der Waals surface area contributed by atoms with Crippen molar-refractivity contribution in [3.05, 3.63) is 24.3 Å². The number of benzene rings is 1. The summed E-state index contributed by atoms with van der Waals surface area (Å²) in [6.07, 6.45) is 0.842. The first-order chi connectivity index (χ1) is 11.6. The summed E-state index contributed by atoms with van der Waals surface area (Å²) in [4.78, 5) is 27.7. The first kappa shape index (κ1) is 18.1. The Morgan fingerprint density at radius 1 is 1.12 bits per heavy atom. The molecule has 1 aliphatic rings. The van der Waals surface area contributed by atoms with Crippen molar-refractivity contribution in [3.8, 4) is 5.75 Å². The van der Waals surface area contributed by atoms with E-state index in [1.807, 2.05) is 31.2 Å². The lowest BCUT2D eigenvalue weighted by molar-refractivity contribution is -0.121. The van der Waals surface area contributed by atoms with E-state index in [0.29, 0.717) is 6.54 Å². The summed E-state index contributed by atoms with van der Waals surface area (Å²) in [5.41, 5.74) is 1.15. The number of nitrogens with one attached hydrogen (secondary N) is 2. The Hall–Kier alpha value is -2.28. The first-order valence-electron chi connectivity index (χ1n) is 8.31. The molecule has 2 rings (SSSR count). The zero-order valence-corrected chi connectivity index (χ0v) is 14.4. The highest BCUT2D eigenvalue weighted by Crippen LogP contribution is 2.20. The molecule has 1 heterocycles. The van der Waals surface area contributed by atoms with Gasteiger partial charge in [0.25, 0.3) is 0 Å². The molecule has 0 unspecified atom stereocenters. The quantitative estimate of drug-likeness (QED) is 0.814. The van der Waals surface area contributed by atoms with E-state index in [4.69, 9.17) is 4.74 Å². The Balaban J connectivity index is 1.73. The number of urea groups is 1. The Morgan fingerprint density at radius 3 is 2.38 bits per heavy atom. The second-order valence-corrected chi connectivity index (χ2v) is 5.77. The van der Waals surface area contributed by atoms with E-state index in [1.165, 1.54) is 0 Å². The number of methoxy groups -OCH3 is 1. The van der Waals surface area contributed by atoms with E-state index in [-0.39, 0.29) is 12.5 Å². The predicted molar refractivity (Wildman–Crippen MR) is 93.5 cm³/mol. The number of hydrogen-bond acceptors (Lipinski definition) is 5. The number of hydrogen-bond donors (Lipinski definition) is 2. The van der Waals surface area contributed by atoms with Gasteiger partial charge in [0.1, 0.15) is 5.75 Å². The summed E-state index contributed by atoms with van der Waals surface area (Å²) < 4.78 is 5.17. The molecule has 0 bridgehead atoms. The first-order valence-corrected chi connectivity index (χ1v) is 8.31. The molecule has 0 atom stereocenters. The number of nitrogens with zero attached hydrogens (tertiary/aromatic N) is 2. The Bertz CT molecular complexity index is 539. The van der Waals surface area contributed by atoms with Crippen LogP contribution in [0.15, 0.2) is 24.3 Å². The fraction of sp³-hybridized carbons (Fsp3) is 0.529. The van der Waals surface area contributed by atoms with E-state index < -0.39 is 6.03 Å². The number of amides is 3. The molecular formula is C17H26N4O3. The van der Waals surface area contributed by atoms with E-state index in [9.17, 15) is 9.59 Å². The smallest absolute Gasteiger partial charge is 0.321 e. The van der Waals surface area contributed by atoms with Crippen molar-refractivity contribution in [1.82, 2.24) is 15.5 Å². The summed E-state index contributed by atoms with van der Waals surface area (Å²) in [6.45, 7) is 6.05. The van der Waals surface area contributed by atoms with Gasteiger partial charge in [-0.05, 0) is 30.7 Å². The summed E-state index contributed by atoms with van der Waals surface area (Å²) in [5.74, 6) is 0.580. The number of carbonyl (C=O) groups is 2. The molecule has 7 heteroatoms. The fourth-order valence-corrected chi connectivity index (χ4v) is 2.61. The highest BCUT2D eigenvalue weighted by Gasteiger charge is 2.20. The van der Waals surface area contributed by atoms with Crippen LogP contribution in [0.3, 0.4) is 0 Å². The topological polar surface area (TPSA) is 73.9 Å². The standard InChI is InChI=1S/C17H26N4O3/c1-3-8-18-17(23)19-16(22)13-20-9-11-21(12-10-20)14-4-6-15(24-2)7-5-14/h4-7H,3,8-13H2,1-2H3,(H2,18,19,22,23). The maximum Gasteiger partial charge on any atom is 0.321 e. The Morgan fingerprint density at radius 2 is 1.79 bits per heavy atom.